The van der Waals surface area contributed by atoms with E-state index >= 15 is 0 Å². The van der Waals surface area contributed by atoms with Crippen LogP contribution in [-0.2, 0) is 27.7 Å². The summed E-state index contributed by atoms with van der Waals surface area (Å²) in [6, 6.07) is 13.5. The molecule has 0 saturated heterocycles. The lowest BCUT2D eigenvalue weighted by atomic mass is 10.1. The average Bonchev–Trinajstić information content (AvgIpc) is 2.98. The molecule has 0 unspecified atom stereocenters. The molecule has 0 aromatic heterocycles. The van der Waals surface area contributed by atoms with Crippen molar-refractivity contribution in [1.29, 1.82) is 0 Å². The monoisotopic (exact) mass is 358 g/mol. The molecule has 0 fully saturated rings. The maximum absolute atomic E-state index is 12.2. The topological polar surface area (TPSA) is 66.5 Å². The Morgan fingerprint density at radius 2 is 1.88 bits per heavy atom. The van der Waals surface area contributed by atoms with E-state index < -0.39 is 10.0 Å². The maximum Gasteiger partial charge on any atom is 0.232 e. The zero-order valence-electron chi connectivity index (χ0n) is 14.5. The van der Waals surface area contributed by atoms with Gasteiger partial charge in [-0.25, -0.2) is 8.42 Å². The minimum atomic E-state index is -3.25. The molecule has 3 rings (SSSR count). The summed E-state index contributed by atoms with van der Waals surface area (Å²) in [5.74, 6) is -0.0431. The van der Waals surface area contributed by atoms with Gasteiger partial charge in [0.1, 0.15) is 0 Å². The lowest BCUT2D eigenvalue weighted by molar-refractivity contribution is -0.116. The van der Waals surface area contributed by atoms with E-state index in [1.165, 1.54) is 16.1 Å². The third kappa shape index (κ3) is 4.20. The van der Waals surface area contributed by atoms with Crippen molar-refractivity contribution in [3.05, 3.63) is 59.2 Å². The molecule has 2 aromatic rings. The van der Waals surface area contributed by atoms with E-state index in [0.717, 1.165) is 11.1 Å². The van der Waals surface area contributed by atoms with Crippen LogP contribution in [0.5, 0.6) is 0 Å². The van der Waals surface area contributed by atoms with E-state index in [-0.39, 0.29) is 5.91 Å². The van der Waals surface area contributed by atoms with Gasteiger partial charge in [0, 0.05) is 18.7 Å². The molecule has 1 amide bonds. The first-order chi connectivity index (χ1) is 11.8. The third-order valence-corrected chi connectivity index (χ3v) is 5.56. The Morgan fingerprint density at radius 3 is 2.56 bits per heavy atom. The number of nitrogens with zero attached hydrogens (tertiary/aromatic N) is 1. The number of aryl methyl sites for hydroxylation is 2. The third-order valence-electron chi connectivity index (χ3n) is 4.38. The van der Waals surface area contributed by atoms with Crippen LogP contribution in [0.4, 0.5) is 11.4 Å². The summed E-state index contributed by atoms with van der Waals surface area (Å²) in [4.78, 5) is 12.2. The van der Waals surface area contributed by atoms with Crippen LogP contribution in [-0.4, -0.2) is 27.1 Å². The highest BCUT2D eigenvalue weighted by Crippen LogP contribution is 2.32. The molecule has 0 aliphatic carbocycles. The molecule has 1 aliphatic rings. The van der Waals surface area contributed by atoms with Gasteiger partial charge in [0.15, 0.2) is 0 Å². The number of anilines is 2. The molecule has 0 saturated carbocycles. The van der Waals surface area contributed by atoms with Gasteiger partial charge in [0.05, 0.1) is 11.9 Å². The van der Waals surface area contributed by atoms with Gasteiger partial charge in [0.25, 0.3) is 0 Å². The molecule has 6 heteroatoms. The van der Waals surface area contributed by atoms with Gasteiger partial charge in [-0.3, -0.25) is 9.10 Å². The molecule has 2 aromatic carbocycles. The Hall–Kier alpha value is -2.34. The number of rotatable bonds is 5. The van der Waals surface area contributed by atoms with Crippen molar-refractivity contribution in [3.63, 3.8) is 0 Å². The highest BCUT2D eigenvalue weighted by Gasteiger charge is 2.26. The SMILES string of the molecule is Cc1ccc(CCC(=O)Nc2ccc3c(c2)CCN3S(C)(=O)=O)cc1. The summed E-state index contributed by atoms with van der Waals surface area (Å²) in [7, 11) is -3.25. The highest BCUT2D eigenvalue weighted by molar-refractivity contribution is 7.92. The van der Waals surface area contributed by atoms with Crippen molar-refractivity contribution in [2.75, 3.05) is 22.4 Å². The normalized spacial score (nSPS) is 13.6. The number of hydrogen-bond donors (Lipinski definition) is 1. The summed E-state index contributed by atoms with van der Waals surface area (Å²) in [6.07, 6.45) is 2.98. The van der Waals surface area contributed by atoms with Crippen LogP contribution in [0.1, 0.15) is 23.1 Å². The smallest absolute Gasteiger partial charge is 0.232 e. The van der Waals surface area contributed by atoms with Crippen LogP contribution in [0.25, 0.3) is 0 Å². The minimum Gasteiger partial charge on any atom is -0.326 e. The predicted molar refractivity (Wildman–Crippen MR) is 100 cm³/mol. The maximum atomic E-state index is 12.2. The summed E-state index contributed by atoms with van der Waals surface area (Å²) in [5, 5.41) is 2.90. The van der Waals surface area contributed by atoms with Crippen molar-refractivity contribution in [1.82, 2.24) is 0 Å². The highest BCUT2D eigenvalue weighted by atomic mass is 32.2. The van der Waals surface area contributed by atoms with Crippen molar-refractivity contribution in [2.45, 2.75) is 26.2 Å². The van der Waals surface area contributed by atoms with Crippen molar-refractivity contribution >= 4 is 27.3 Å². The molecule has 1 N–H and O–H groups in total. The minimum absolute atomic E-state index is 0.0431. The molecule has 0 spiro atoms. The van der Waals surface area contributed by atoms with Crippen LogP contribution in [0.15, 0.2) is 42.5 Å². The number of fused-ring (bicyclic) bond motifs is 1. The second-order valence-electron chi connectivity index (χ2n) is 6.46. The molecule has 0 radical (unpaired) electrons. The zero-order valence-corrected chi connectivity index (χ0v) is 15.3. The van der Waals surface area contributed by atoms with Crippen molar-refractivity contribution in [3.8, 4) is 0 Å². The molecule has 1 aliphatic heterocycles. The summed E-state index contributed by atoms with van der Waals surface area (Å²) < 4.78 is 24.9. The number of carbonyl (C=O) groups excluding carboxylic acids is 1. The Kier molecular flexibility index (Phi) is 4.81. The molecular formula is C19H22N2O3S. The van der Waals surface area contributed by atoms with E-state index in [9.17, 15) is 13.2 Å². The van der Waals surface area contributed by atoms with E-state index in [4.69, 9.17) is 0 Å². The Labute approximate surface area is 148 Å². The average molecular weight is 358 g/mol. The zero-order chi connectivity index (χ0) is 18.0. The summed E-state index contributed by atoms with van der Waals surface area (Å²) >= 11 is 0. The first-order valence-corrected chi connectivity index (χ1v) is 10.1. The van der Waals surface area contributed by atoms with Crippen molar-refractivity contribution < 1.29 is 13.2 Å². The number of nitrogens with one attached hydrogen (secondary N) is 1. The number of amides is 1. The molecule has 1 heterocycles. The fourth-order valence-corrected chi connectivity index (χ4v) is 3.99. The van der Waals surface area contributed by atoms with Crippen LogP contribution in [0, 0.1) is 6.92 Å². The predicted octanol–water partition coefficient (Wildman–Crippen LogP) is 2.89. The second-order valence-corrected chi connectivity index (χ2v) is 8.37. The Morgan fingerprint density at radius 1 is 1.16 bits per heavy atom. The van der Waals surface area contributed by atoms with Crippen LogP contribution in [0.2, 0.25) is 0 Å². The van der Waals surface area contributed by atoms with E-state index in [2.05, 4.69) is 5.32 Å². The fraction of sp³-hybridized carbons (Fsp3) is 0.316. The fourth-order valence-electron chi connectivity index (χ4n) is 3.03. The quantitative estimate of drug-likeness (QED) is 0.894. The largest absolute Gasteiger partial charge is 0.326 e. The number of sulfonamides is 1. The number of carbonyl (C=O) groups is 1. The molecule has 5 nitrogen and oxygen atoms in total. The lowest BCUT2D eigenvalue weighted by Gasteiger charge is -2.16. The van der Waals surface area contributed by atoms with Crippen LogP contribution >= 0.6 is 0 Å². The van der Waals surface area contributed by atoms with E-state index in [1.54, 1.807) is 12.1 Å². The molecular weight excluding hydrogens is 336 g/mol. The van der Waals surface area contributed by atoms with Gasteiger partial charge >= 0.3 is 0 Å². The van der Waals surface area contributed by atoms with Crippen LogP contribution < -0.4 is 9.62 Å². The molecule has 0 bridgehead atoms. The van der Waals surface area contributed by atoms with Gasteiger partial charge in [0.2, 0.25) is 15.9 Å². The lowest BCUT2D eigenvalue weighted by Crippen LogP contribution is -2.27. The van der Waals surface area contributed by atoms with Gasteiger partial charge in [-0.1, -0.05) is 29.8 Å². The van der Waals surface area contributed by atoms with Gasteiger partial charge in [-0.2, -0.15) is 0 Å². The number of benzene rings is 2. The standard InChI is InChI=1S/C19H22N2O3S/c1-14-3-5-15(6-4-14)7-10-19(22)20-17-8-9-18-16(13-17)11-12-21(18)25(2,23)24/h3-6,8-9,13H,7,10-12H2,1-2H3,(H,20,22). The van der Waals surface area contributed by atoms with Crippen LogP contribution in [0.3, 0.4) is 0 Å². The summed E-state index contributed by atoms with van der Waals surface area (Å²) in [6.45, 7) is 2.49. The van der Waals surface area contributed by atoms with Gasteiger partial charge in [-0.15, -0.1) is 0 Å². The van der Waals surface area contributed by atoms with E-state index in [0.29, 0.717) is 37.2 Å². The first-order valence-electron chi connectivity index (χ1n) is 8.29. The van der Waals surface area contributed by atoms with E-state index in [1.807, 2.05) is 37.3 Å². The Bertz CT molecular complexity index is 889. The second kappa shape index (κ2) is 6.88. The van der Waals surface area contributed by atoms with Gasteiger partial charge in [-0.05, 0) is 49.1 Å². The van der Waals surface area contributed by atoms with Crippen molar-refractivity contribution in [2.24, 2.45) is 0 Å². The number of hydrogen-bond acceptors (Lipinski definition) is 3. The van der Waals surface area contributed by atoms with Gasteiger partial charge < -0.3 is 5.32 Å². The molecule has 0 atom stereocenters. The molecule has 25 heavy (non-hydrogen) atoms. The summed E-state index contributed by atoms with van der Waals surface area (Å²) in [5.41, 5.74) is 4.71. The first kappa shape index (κ1) is 17.5. The molecule has 132 valence electrons. The Balaban J connectivity index is 1.62.